The first kappa shape index (κ1) is 23.2. The number of hydrogen-bond acceptors (Lipinski definition) is 5. The number of rotatable bonds is 4. The van der Waals surface area contributed by atoms with Crippen LogP contribution in [0.4, 0.5) is 16.3 Å². The number of aromatic nitrogens is 1. The molecule has 1 fully saturated rings. The molecule has 3 amide bonds. The van der Waals surface area contributed by atoms with Gasteiger partial charge in [-0.1, -0.05) is 12.1 Å². The summed E-state index contributed by atoms with van der Waals surface area (Å²) in [6.45, 7) is 8.12. The summed E-state index contributed by atoms with van der Waals surface area (Å²) in [5, 5.41) is 5.50. The molecule has 1 unspecified atom stereocenters. The van der Waals surface area contributed by atoms with Crippen LogP contribution in [0.25, 0.3) is 0 Å². The van der Waals surface area contributed by atoms with Gasteiger partial charge >= 0.3 is 6.09 Å². The Bertz CT molecular complexity index is 999. The van der Waals surface area contributed by atoms with Gasteiger partial charge in [-0.25, -0.2) is 9.78 Å². The van der Waals surface area contributed by atoms with Crippen molar-refractivity contribution in [3.05, 3.63) is 53.7 Å². The summed E-state index contributed by atoms with van der Waals surface area (Å²) in [5.41, 5.74) is 1.12. The molecule has 1 aliphatic rings. The molecule has 1 saturated heterocycles. The molecule has 32 heavy (non-hydrogen) atoms. The Balaban J connectivity index is 1.63. The van der Waals surface area contributed by atoms with Crippen molar-refractivity contribution in [3.63, 3.8) is 0 Å². The molecule has 8 nitrogen and oxygen atoms in total. The van der Waals surface area contributed by atoms with E-state index in [-0.39, 0.29) is 17.7 Å². The normalized spacial score (nSPS) is 16.2. The highest BCUT2D eigenvalue weighted by Gasteiger charge is 2.29. The largest absolute Gasteiger partial charge is 0.444 e. The van der Waals surface area contributed by atoms with Gasteiger partial charge in [0.1, 0.15) is 11.4 Å². The summed E-state index contributed by atoms with van der Waals surface area (Å²) in [6, 6.07) is 12.2. The van der Waals surface area contributed by atoms with E-state index in [2.05, 4.69) is 15.6 Å². The van der Waals surface area contributed by atoms with Crippen LogP contribution in [0.2, 0.25) is 0 Å². The number of benzene rings is 1. The van der Waals surface area contributed by atoms with Crippen LogP contribution < -0.4 is 10.6 Å². The molecule has 8 heteroatoms. The summed E-state index contributed by atoms with van der Waals surface area (Å²) in [7, 11) is 0. The number of ether oxygens (including phenoxy) is 1. The van der Waals surface area contributed by atoms with E-state index in [9.17, 15) is 14.4 Å². The molecule has 0 aliphatic carbocycles. The summed E-state index contributed by atoms with van der Waals surface area (Å²) in [5.74, 6) is -0.109. The van der Waals surface area contributed by atoms with E-state index < -0.39 is 11.7 Å². The van der Waals surface area contributed by atoms with Gasteiger partial charge < -0.3 is 15.0 Å². The van der Waals surface area contributed by atoms with Crippen molar-refractivity contribution in [3.8, 4) is 0 Å². The maximum atomic E-state index is 13.1. The van der Waals surface area contributed by atoms with E-state index in [1.165, 1.54) is 0 Å². The van der Waals surface area contributed by atoms with E-state index >= 15 is 0 Å². The molecular formula is C24H30N4O4. The van der Waals surface area contributed by atoms with Gasteiger partial charge in [0, 0.05) is 30.0 Å². The fraction of sp³-hybridized carbons (Fsp3) is 0.417. The molecule has 2 aromatic rings. The molecular weight excluding hydrogens is 408 g/mol. The average Bonchev–Trinajstić information content (AvgIpc) is 2.72. The molecule has 2 heterocycles. The standard InChI is InChI=1S/C24H30N4O4/c1-16-8-5-12-20(25-16)27-21(29)18-10-7-13-28(15-18)22(30)17-9-6-11-19(14-17)26-23(31)32-24(2,3)4/h5-6,8-9,11-12,14,18H,7,10,13,15H2,1-4H3,(H,26,31)(H,25,27,29). The lowest BCUT2D eigenvalue weighted by molar-refractivity contribution is -0.121. The Morgan fingerprint density at radius 1 is 1.09 bits per heavy atom. The molecule has 1 aliphatic heterocycles. The van der Waals surface area contributed by atoms with E-state index in [0.29, 0.717) is 36.6 Å². The first-order valence-electron chi connectivity index (χ1n) is 10.7. The molecule has 0 spiro atoms. The Morgan fingerprint density at radius 2 is 1.84 bits per heavy atom. The number of aryl methyl sites for hydroxylation is 1. The number of amides is 3. The van der Waals surface area contributed by atoms with Crippen LogP contribution in [0.1, 0.15) is 49.7 Å². The summed E-state index contributed by atoms with van der Waals surface area (Å²) < 4.78 is 5.26. The number of piperidine rings is 1. The van der Waals surface area contributed by atoms with Crippen LogP contribution in [-0.2, 0) is 9.53 Å². The monoisotopic (exact) mass is 438 g/mol. The van der Waals surface area contributed by atoms with Crippen molar-refractivity contribution in [2.45, 2.75) is 46.1 Å². The number of carbonyl (C=O) groups is 3. The third-order valence-corrected chi connectivity index (χ3v) is 4.97. The fourth-order valence-electron chi connectivity index (χ4n) is 3.55. The lowest BCUT2D eigenvalue weighted by Crippen LogP contribution is -2.43. The number of carbonyl (C=O) groups excluding carboxylic acids is 3. The van der Waals surface area contributed by atoms with Gasteiger partial charge in [-0.05, 0) is 70.9 Å². The van der Waals surface area contributed by atoms with Crippen molar-refractivity contribution in [1.29, 1.82) is 0 Å². The molecule has 2 N–H and O–H groups in total. The molecule has 0 radical (unpaired) electrons. The average molecular weight is 439 g/mol. The van der Waals surface area contributed by atoms with Gasteiger partial charge in [0.2, 0.25) is 5.91 Å². The van der Waals surface area contributed by atoms with Crippen LogP contribution in [0.15, 0.2) is 42.5 Å². The molecule has 0 saturated carbocycles. The van der Waals surface area contributed by atoms with Crippen LogP contribution >= 0.6 is 0 Å². The Morgan fingerprint density at radius 3 is 2.56 bits per heavy atom. The summed E-state index contributed by atoms with van der Waals surface area (Å²) in [6.07, 6.45) is 0.865. The van der Waals surface area contributed by atoms with Crippen molar-refractivity contribution in [1.82, 2.24) is 9.88 Å². The Hall–Kier alpha value is -3.42. The molecule has 1 aromatic heterocycles. The molecule has 3 rings (SSSR count). The zero-order chi connectivity index (χ0) is 23.3. The predicted molar refractivity (Wildman–Crippen MR) is 123 cm³/mol. The van der Waals surface area contributed by atoms with Gasteiger partial charge in [0.05, 0.1) is 5.92 Å². The summed E-state index contributed by atoms with van der Waals surface area (Å²) in [4.78, 5) is 43.8. The van der Waals surface area contributed by atoms with Crippen LogP contribution in [-0.4, -0.2) is 46.5 Å². The maximum Gasteiger partial charge on any atom is 0.412 e. The number of anilines is 2. The number of pyridine rings is 1. The Labute approximate surface area is 188 Å². The van der Waals surface area contributed by atoms with Gasteiger partial charge in [0.15, 0.2) is 0 Å². The molecule has 1 aromatic carbocycles. The zero-order valence-electron chi connectivity index (χ0n) is 19.0. The molecule has 0 bridgehead atoms. The highest BCUT2D eigenvalue weighted by molar-refractivity contribution is 5.97. The third-order valence-electron chi connectivity index (χ3n) is 4.97. The van der Waals surface area contributed by atoms with E-state index in [4.69, 9.17) is 4.74 Å². The third kappa shape index (κ3) is 6.54. The van der Waals surface area contributed by atoms with E-state index in [1.54, 1.807) is 56.0 Å². The van der Waals surface area contributed by atoms with Crippen LogP contribution in [0.5, 0.6) is 0 Å². The predicted octanol–water partition coefficient (Wildman–Crippen LogP) is 4.23. The minimum Gasteiger partial charge on any atom is -0.444 e. The van der Waals surface area contributed by atoms with Crippen molar-refractivity contribution in [2.24, 2.45) is 5.92 Å². The van der Waals surface area contributed by atoms with E-state index in [1.807, 2.05) is 19.1 Å². The SMILES string of the molecule is Cc1cccc(NC(=O)C2CCCN(C(=O)c3cccc(NC(=O)OC(C)(C)C)c3)C2)n1. The van der Waals surface area contributed by atoms with Crippen molar-refractivity contribution < 1.29 is 19.1 Å². The minimum absolute atomic E-state index is 0.138. The van der Waals surface area contributed by atoms with E-state index in [0.717, 1.165) is 12.1 Å². The lowest BCUT2D eigenvalue weighted by Gasteiger charge is -2.32. The molecule has 170 valence electrons. The van der Waals surface area contributed by atoms with Crippen LogP contribution in [0.3, 0.4) is 0 Å². The number of nitrogens with one attached hydrogen (secondary N) is 2. The molecule has 1 atom stereocenters. The highest BCUT2D eigenvalue weighted by atomic mass is 16.6. The van der Waals surface area contributed by atoms with Gasteiger partial charge in [-0.15, -0.1) is 0 Å². The summed E-state index contributed by atoms with van der Waals surface area (Å²) >= 11 is 0. The zero-order valence-corrected chi connectivity index (χ0v) is 19.0. The minimum atomic E-state index is -0.616. The fourth-order valence-corrected chi connectivity index (χ4v) is 3.55. The maximum absolute atomic E-state index is 13.1. The van der Waals surface area contributed by atoms with Gasteiger partial charge in [0.25, 0.3) is 5.91 Å². The smallest absolute Gasteiger partial charge is 0.412 e. The van der Waals surface area contributed by atoms with Crippen molar-refractivity contribution in [2.75, 3.05) is 23.7 Å². The second kappa shape index (κ2) is 9.80. The number of likely N-dealkylation sites (tertiary alicyclic amines) is 1. The first-order valence-corrected chi connectivity index (χ1v) is 10.7. The number of hydrogen-bond donors (Lipinski definition) is 2. The van der Waals surface area contributed by atoms with Crippen molar-refractivity contribution >= 4 is 29.4 Å². The first-order chi connectivity index (χ1) is 15.1. The van der Waals surface area contributed by atoms with Gasteiger partial charge in [-0.3, -0.25) is 14.9 Å². The Kier molecular flexibility index (Phi) is 7.12. The van der Waals surface area contributed by atoms with Gasteiger partial charge in [-0.2, -0.15) is 0 Å². The quantitative estimate of drug-likeness (QED) is 0.744. The second-order valence-electron chi connectivity index (χ2n) is 8.95. The number of nitrogens with zero attached hydrogens (tertiary/aromatic N) is 2. The lowest BCUT2D eigenvalue weighted by atomic mass is 9.96. The highest BCUT2D eigenvalue weighted by Crippen LogP contribution is 2.22. The second-order valence-corrected chi connectivity index (χ2v) is 8.95. The topological polar surface area (TPSA) is 101 Å². The van der Waals surface area contributed by atoms with Crippen LogP contribution in [0, 0.1) is 12.8 Å².